The number of hydrogen-bond acceptors (Lipinski definition) is 6. The number of halogens is 1. The first-order valence-corrected chi connectivity index (χ1v) is 11.1. The van der Waals surface area contributed by atoms with Crippen molar-refractivity contribution >= 4 is 35.1 Å². The molecule has 2 unspecified atom stereocenters. The fraction of sp³-hybridized carbons (Fsp3) is 0.591. The van der Waals surface area contributed by atoms with Crippen molar-refractivity contribution < 1.29 is 29.0 Å². The van der Waals surface area contributed by atoms with Gasteiger partial charge in [-0.3, -0.25) is 14.4 Å². The Morgan fingerprint density at radius 1 is 1.35 bits per heavy atom. The molecule has 3 heterocycles. The van der Waals surface area contributed by atoms with E-state index in [-0.39, 0.29) is 19.1 Å². The van der Waals surface area contributed by atoms with E-state index in [1.54, 1.807) is 31.2 Å². The standard InChI is InChI=1S/C22H27ClN2O6/c1-3-14(11-26)25-18(19(27)24-13-7-5-12(23)6-8-13)22-10-9-15(31-22)16(17(22)20(25)28)21(29)30-4-2/h5-8,14-18,26H,3-4,9-11H2,1-2H3,(H,24,27)/t14-,15-,16+,17-,18?,22?/m0/s1. The van der Waals surface area contributed by atoms with Gasteiger partial charge in [-0.2, -0.15) is 0 Å². The summed E-state index contributed by atoms with van der Waals surface area (Å²) in [4.78, 5) is 41.2. The lowest BCUT2D eigenvalue weighted by molar-refractivity contribution is -0.155. The molecule has 2 N–H and O–H groups in total. The Morgan fingerprint density at radius 3 is 2.68 bits per heavy atom. The number of amides is 2. The number of aliphatic hydroxyl groups is 1. The molecule has 1 spiro atoms. The summed E-state index contributed by atoms with van der Waals surface area (Å²) in [6, 6.07) is 5.16. The first-order chi connectivity index (χ1) is 14.9. The molecule has 4 rings (SSSR count). The molecule has 0 aliphatic carbocycles. The lowest BCUT2D eigenvalue weighted by Crippen LogP contribution is -2.56. The van der Waals surface area contributed by atoms with Crippen LogP contribution in [0.3, 0.4) is 0 Å². The molecular weight excluding hydrogens is 424 g/mol. The van der Waals surface area contributed by atoms with Gasteiger partial charge >= 0.3 is 5.97 Å². The van der Waals surface area contributed by atoms with Crippen molar-refractivity contribution in [1.29, 1.82) is 0 Å². The number of hydrogen-bond donors (Lipinski definition) is 2. The van der Waals surface area contributed by atoms with Gasteiger partial charge in [0.2, 0.25) is 11.8 Å². The highest BCUT2D eigenvalue weighted by Crippen LogP contribution is 2.59. The van der Waals surface area contributed by atoms with Gasteiger partial charge in [0.1, 0.15) is 11.6 Å². The van der Waals surface area contributed by atoms with E-state index >= 15 is 0 Å². The topological polar surface area (TPSA) is 105 Å². The summed E-state index contributed by atoms with van der Waals surface area (Å²) < 4.78 is 11.5. The maximum absolute atomic E-state index is 13.6. The second-order valence-corrected chi connectivity index (χ2v) is 8.73. The van der Waals surface area contributed by atoms with Crippen LogP contribution in [0.5, 0.6) is 0 Å². The average Bonchev–Trinajstić information content (AvgIpc) is 3.39. The lowest BCUT2D eigenvalue weighted by Gasteiger charge is -2.36. The van der Waals surface area contributed by atoms with Crippen LogP contribution < -0.4 is 5.32 Å². The molecule has 8 nitrogen and oxygen atoms in total. The normalized spacial score (nSPS) is 32.1. The first kappa shape index (κ1) is 22.0. The summed E-state index contributed by atoms with van der Waals surface area (Å²) >= 11 is 5.93. The molecular formula is C22H27ClN2O6. The number of nitrogens with zero attached hydrogens (tertiary/aromatic N) is 1. The van der Waals surface area contributed by atoms with Crippen molar-refractivity contribution in [3.05, 3.63) is 29.3 Å². The number of carbonyl (C=O) groups excluding carboxylic acids is 3. The molecule has 3 aliphatic rings. The van der Waals surface area contributed by atoms with Gasteiger partial charge in [0.25, 0.3) is 0 Å². The maximum Gasteiger partial charge on any atom is 0.312 e. The van der Waals surface area contributed by atoms with Crippen LogP contribution in [0.25, 0.3) is 0 Å². The van der Waals surface area contributed by atoms with E-state index in [4.69, 9.17) is 21.1 Å². The van der Waals surface area contributed by atoms with Crippen molar-refractivity contribution in [3.8, 4) is 0 Å². The van der Waals surface area contributed by atoms with Gasteiger partial charge in [-0.25, -0.2) is 0 Å². The van der Waals surface area contributed by atoms with Gasteiger partial charge in [0.15, 0.2) is 0 Å². The van der Waals surface area contributed by atoms with Gasteiger partial charge in [0, 0.05) is 10.7 Å². The second-order valence-electron chi connectivity index (χ2n) is 8.29. The van der Waals surface area contributed by atoms with E-state index in [0.29, 0.717) is 30.0 Å². The van der Waals surface area contributed by atoms with Crippen molar-refractivity contribution in [2.75, 3.05) is 18.5 Å². The lowest BCUT2D eigenvalue weighted by atomic mass is 9.70. The molecule has 3 aliphatic heterocycles. The molecule has 9 heteroatoms. The highest BCUT2D eigenvalue weighted by Gasteiger charge is 2.75. The van der Waals surface area contributed by atoms with Crippen LogP contribution in [0.1, 0.15) is 33.1 Å². The predicted octanol–water partition coefficient (Wildman–Crippen LogP) is 1.99. The van der Waals surface area contributed by atoms with E-state index < -0.39 is 47.5 Å². The number of fused-ring (bicyclic) bond motifs is 1. The van der Waals surface area contributed by atoms with Gasteiger partial charge < -0.3 is 24.8 Å². The average molecular weight is 451 g/mol. The molecule has 0 aromatic heterocycles. The zero-order valence-corrected chi connectivity index (χ0v) is 18.3. The molecule has 0 saturated carbocycles. The third-order valence-corrected chi connectivity index (χ3v) is 6.98. The molecule has 3 fully saturated rings. The summed E-state index contributed by atoms with van der Waals surface area (Å²) in [6.07, 6.45) is 1.07. The number of aliphatic hydroxyl groups excluding tert-OH is 1. The van der Waals surface area contributed by atoms with E-state index in [1.165, 1.54) is 4.90 Å². The van der Waals surface area contributed by atoms with E-state index in [9.17, 15) is 19.5 Å². The second kappa shape index (κ2) is 8.41. The van der Waals surface area contributed by atoms with Crippen LogP contribution in [0.15, 0.2) is 24.3 Å². The molecule has 168 valence electrons. The smallest absolute Gasteiger partial charge is 0.312 e. The number of carbonyl (C=O) groups is 3. The highest BCUT2D eigenvalue weighted by atomic mass is 35.5. The van der Waals surface area contributed by atoms with Crippen LogP contribution in [-0.4, -0.2) is 64.8 Å². The number of nitrogens with one attached hydrogen (secondary N) is 1. The zero-order valence-electron chi connectivity index (χ0n) is 17.5. The minimum absolute atomic E-state index is 0.203. The Bertz CT molecular complexity index is 873. The third kappa shape index (κ3) is 3.41. The van der Waals surface area contributed by atoms with Crippen LogP contribution in [-0.2, 0) is 23.9 Å². The van der Waals surface area contributed by atoms with E-state index in [0.717, 1.165) is 0 Å². The van der Waals surface area contributed by atoms with Crippen molar-refractivity contribution in [3.63, 3.8) is 0 Å². The van der Waals surface area contributed by atoms with E-state index in [1.807, 2.05) is 6.92 Å². The Balaban J connectivity index is 1.72. The molecule has 2 amide bonds. The Morgan fingerprint density at radius 2 is 2.06 bits per heavy atom. The van der Waals surface area contributed by atoms with Crippen LogP contribution in [0, 0.1) is 11.8 Å². The van der Waals surface area contributed by atoms with Crippen LogP contribution in [0.4, 0.5) is 5.69 Å². The SMILES string of the molecule is CCOC(=O)[C@@H]1[C@@H]2CCC3(O2)C(C(=O)Nc2ccc(Cl)cc2)N([C@@H](CC)CO)C(=O)[C@H]13. The maximum atomic E-state index is 13.6. The Hall–Kier alpha value is -2.16. The van der Waals surface area contributed by atoms with Crippen LogP contribution in [0.2, 0.25) is 5.02 Å². The highest BCUT2D eigenvalue weighted by molar-refractivity contribution is 6.30. The largest absolute Gasteiger partial charge is 0.466 e. The molecule has 2 bridgehead atoms. The first-order valence-electron chi connectivity index (χ1n) is 10.7. The molecule has 0 radical (unpaired) electrons. The number of ether oxygens (including phenoxy) is 2. The molecule has 3 saturated heterocycles. The molecule has 1 aromatic carbocycles. The number of rotatable bonds is 7. The van der Waals surface area contributed by atoms with Crippen LogP contribution >= 0.6 is 11.6 Å². The summed E-state index contributed by atoms with van der Waals surface area (Å²) in [5.41, 5.74) is -0.577. The summed E-state index contributed by atoms with van der Waals surface area (Å²) in [6.45, 7) is 3.47. The number of esters is 1. The van der Waals surface area contributed by atoms with Gasteiger partial charge in [-0.1, -0.05) is 18.5 Å². The van der Waals surface area contributed by atoms with Gasteiger partial charge in [0.05, 0.1) is 37.2 Å². The monoisotopic (exact) mass is 450 g/mol. The van der Waals surface area contributed by atoms with Gasteiger partial charge in [-0.05, 0) is 50.5 Å². The predicted molar refractivity (Wildman–Crippen MR) is 112 cm³/mol. The van der Waals surface area contributed by atoms with Gasteiger partial charge in [-0.15, -0.1) is 0 Å². The number of anilines is 1. The summed E-state index contributed by atoms with van der Waals surface area (Å²) in [5.74, 6) is -2.75. The Labute approximate surface area is 185 Å². The van der Waals surface area contributed by atoms with Crippen molar-refractivity contribution in [2.45, 2.75) is 56.9 Å². The minimum Gasteiger partial charge on any atom is -0.466 e. The van der Waals surface area contributed by atoms with E-state index in [2.05, 4.69) is 5.32 Å². The number of likely N-dealkylation sites (tertiary alicyclic amines) is 1. The Kier molecular flexibility index (Phi) is 5.98. The fourth-order valence-electron chi connectivity index (χ4n) is 5.45. The van der Waals surface area contributed by atoms with Crippen molar-refractivity contribution in [1.82, 2.24) is 4.90 Å². The molecule has 1 aromatic rings. The quantitative estimate of drug-likeness (QED) is 0.615. The minimum atomic E-state index is -1.11. The molecule has 6 atom stereocenters. The third-order valence-electron chi connectivity index (χ3n) is 6.73. The zero-order chi connectivity index (χ0) is 22.3. The number of benzene rings is 1. The summed E-state index contributed by atoms with van der Waals surface area (Å²) in [5, 5.41) is 13.3. The van der Waals surface area contributed by atoms with Crippen molar-refractivity contribution in [2.24, 2.45) is 11.8 Å². The fourth-order valence-corrected chi connectivity index (χ4v) is 5.57. The summed E-state index contributed by atoms with van der Waals surface area (Å²) in [7, 11) is 0. The molecule has 31 heavy (non-hydrogen) atoms.